The molecule has 0 N–H and O–H groups in total. The van der Waals surface area contributed by atoms with E-state index in [1.807, 2.05) is 0 Å². The first kappa shape index (κ1) is 24.3. The molecule has 0 spiro atoms. The molecule has 1 aromatic carbocycles. The van der Waals surface area contributed by atoms with Crippen LogP contribution in [-0.2, 0) is 18.0 Å². The molecular formula is C22H24N4O8. The van der Waals surface area contributed by atoms with Gasteiger partial charge in [0.05, 0.1) is 47.7 Å². The number of carbonyl (C=O) groups is 1. The first-order valence-electron chi connectivity index (χ1n) is 9.90. The largest absolute Gasteiger partial charge is 0.485 e. The van der Waals surface area contributed by atoms with Crippen LogP contribution in [-0.4, -0.2) is 61.5 Å². The van der Waals surface area contributed by atoms with Crippen LogP contribution in [0.3, 0.4) is 0 Å². The van der Waals surface area contributed by atoms with Crippen molar-refractivity contribution in [1.29, 1.82) is 0 Å². The Hall–Kier alpha value is -4.35. The molecule has 0 aliphatic carbocycles. The van der Waals surface area contributed by atoms with E-state index in [2.05, 4.69) is 19.9 Å². The number of hydrogen-bond donors (Lipinski definition) is 0. The molecular weight excluding hydrogens is 448 g/mol. The molecule has 0 unspecified atom stereocenters. The maximum Gasteiger partial charge on any atom is 0.345 e. The molecule has 180 valence electrons. The Morgan fingerprint density at radius 3 is 1.38 bits per heavy atom. The number of nitrogens with zero attached hydrogens (tertiary/aromatic N) is 4. The summed E-state index contributed by atoms with van der Waals surface area (Å²) in [4.78, 5) is 29.4. The summed E-state index contributed by atoms with van der Waals surface area (Å²) in [7, 11) is 7.16. The van der Waals surface area contributed by atoms with Crippen LogP contribution < -0.4 is 28.4 Å². The van der Waals surface area contributed by atoms with Crippen LogP contribution in [0.15, 0.2) is 30.3 Å². The molecule has 3 rings (SSSR count). The van der Waals surface area contributed by atoms with Crippen molar-refractivity contribution < 1.29 is 38.0 Å². The smallest absolute Gasteiger partial charge is 0.345 e. The summed E-state index contributed by atoms with van der Waals surface area (Å²) >= 11 is 0. The van der Waals surface area contributed by atoms with Gasteiger partial charge in [-0.3, -0.25) is 0 Å². The molecule has 2 heterocycles. The number of benzene rings is 1. The van der Waals surface area contributed by atoms with Crippen molar-refractivity contribution in [2.75, 3.05) is 35.5 Å². The molecule has 0 saturated heterocycles. The third kappa shape index (κ3) is 5.91. The minimum Gasteiger partial charge on any atom is -0.485 e. The minimum atomic E-state index is -0.654. The van der Waals surface area contributed by atoms with Crippen molar-refractivity contribution in [2.24, 2.45) is 0 Å². The van der Waals surface area contributed by atoms with E-state index in [1.165, 1.54) is 47.7 Å². The number of carbonyl (C=O) groups excluding carboxylic acids is 1. The van der Waals surface area contributed by atoms with Gasteiger partial charge in [-0.2, -0.15) is 19.9 Å². The number of rotatable bonds is 11. The quantitative estimate of drug-likeness (QED) is 0.379. The fraction of sp³-hybridized carbons (Fsp3) is 0.318. The summed E-state index contributed by atoms with van der Waals surface area (Å²) in [6.45, 7) is -0.144. The zero-order valence-electron chi connectivity index (χ0n) is 19.4. The van der Waals surface area contributed by atoms with Crippen LogP contribution >= 0.6 is 0 Å². The van der Waals surface area contributed by atoms with E-state index in [-0.39, 0.29) is 41.9 Å². The second-order valence-corrected chi connectivity index (χ2v) is 6.44. The Balaban J connectivity index is 1.84. The maximum absolute atomic E-state index is 12.6. The molecule has 0 aliphatic heterocycles. The van der Waals surface area contributed by atoms with Gasteiger partial charge in [0, 0.05) is 0 Å². The Kier molecular flexibility index (Phi) is 8.21. The van der Waals surface area contributed by atoms with Gasteiger partial charge in [0.1, 0.15) is 30.3 Å². The SMILES string of the molecule is COC(=O)c1c(OCc2nc(OC)cc(OC)n2)cccc1OCc1nc(OC)cc(OC)n1. The Labute approximate surface area is 195 Å². The highest BCUT2D eigenvalue weighted by atomic mass is 16.5. The lowest BCUT2D eigenvalue weighted by atomic mass is 10.1. The van der Waals surface area contributed by atoms with Crippen LogP contribution in [0.5, 0.6) is 35.0 Å². The molecule has 0 aliphatic rings. The average Bonchev–Trinajstić information content (AvgIpc) is 2.89. The topological polar surface area (TPSA) is 133 Å². The van der Waals surface area contributed by atoms with Gasteiger partial charge in [0.2, 0.25) is 23.5 Å². The van der Waals surface area contributed by atoms with E-state index >= 15 is 0 Å². The second kappa shape index (κ2) is 11.5. The van der Waals surface area contributed by atoms with Crippen LogP contribution in [0.4, 0.5) is 0 Å². The van der Waals surface area contributed by atoms with Gasteiger partial charge in [-0.05, 0) is 12.1 Å². The summed E-state index contributed by atoms with van der Waals surface area (Å²) in [6, 6.07) is 7.93. The number of ether oxygens (including phenoxy) is 7. The maximum atomic E-state index is 12.6. The van der Waals surface area contributed by atoms with Crippen molar-refractivity contribution in [1.82, 2.24) is 19.9 Å². The summed E-state index contributed by atoms with van der Waals surface area (Å²) in [5, 5.41) is 0. The lowest BCUT2D eigenvalue weighted by molar-refractivity contribution is 0.0589. The monoisotopic (exact) mass is 472 g/mol. The second-order valence-electron chi connectivity index (χ2n) is 6.44. The molecule has 0 saturated carbocycles. The Morgan fingerprint density at radius 1 is 0.676 bits per heavy atom. The standard InChI is InChI=1S/C22H24N4O8/c1-28-17-9-18(29-2)24-15(23-17)11-33-13-7-6-8-14(21(13)22(27)32-5)34-12-16-25-19(30-3)10-20(26-16)31-4/h6-10H,11-12H2,1-5H3. The predicted molar refractivity (Wildman–Crippen MR) is 117 cm³/mol. The molecule has 12 nitrogen and oxygen atoms in total. The lowest BCUT2D eigenvalue weighted by Gasteiger charge is -2.15. The highest BCUT2D eigenvalue weighted by Crippen LogP contribution is 2.31. The summed E-state index contributed by atoms with van der Waals surface area (Å²) in [5.74, 6) is 1.57. The van der Waals surface area contributed by atoms with Crippen molar-refractivity contribution in [3.8, 4) is 35.0 Å². The van der Waals surface area contributed by atoms with Crippen molar-refractivity contribution in [3.05, 3.63) is 47.5 Å². The normalized spacial score (nSPS) is 10.3. The van der Waals surface area contributed by atoms with E-state index < -0.39 is 5.97 Å². The zero-order valence-corrected chi connectivity index (χ0v) is 19.4. The molecule has 3 aromatic rings. The molecule has 0 amide bonds. The van der Waals surface area contributed by atoms with Gasteiger partial charge in [-0.1, -0.05) is 6.07 Å². The van der Waals surface area contributed by atoms with Crippen molar-refractivity contribution in [3.63, 3.8) is 0 Å². The number of esters is 1. The van der Waals surface area contributed by atoms with Crippen LogP contribution in [0.1, 0.15) is 22.0 Å². The van der Waals surface area contributed by atoms with Gasteiger partial charge in [-0.25, -0.2) is 4.79 Å². The van der Waals surface area contributed by atoms with E-state index in [0.29, 0.717) is 23.5 Å². The fourth-order valence-electron chi connectivity index (χ4n) is 2.79. The van der Waals surface area contributed by atoms with Gasteiger partial charge in [0.25, 0.3) is 0 Å². The predicted octanol–water partition coefficient (Wildman–Crippen LogP) is 2.25. The molecule has 2 aromatic heterocycles. The van der Waals surface area contributed by atoms with Crippen LogP contribution in [0, 0.1) is 0 Å². The average molecular weight is 472 g/mol. The van der Waals surface area contributed by atoms with E-state index in [1.54, 1.807) is 18.2 Å². The number of methoxy groups -OCH3 is 5. The van der Waals surface area contributed by atoms with Crippen molar-refractivity contribution in [2.45, 2.75) is 13.2 Å². The van der Waals surface area contributed by atoms with Gasteiger partial charge < -0.3 is 33.2 Å². The lowest BCUT2D eigenvalue weighted by Crippen LogP contribution is -2.11. The minimum absolute atomic E-state index is 0.0722. The Bertz CT molecular complexity index is 1020. The van der Waals surface area contributed by atoms with Gasteiger partial charge >= 0.3 is 5.97 Å². The molecule has 0 bridgehead atoms. The highest BCUT2D eigenvalue weighted by molar-refractivity contribution is 5.95. The Morgan fingerprint density at radius 2 is 1.06 bits per heavy atom. The van der Waals surface area contributed by atoms with E-state index in [9.17, 15) is 4.79 Å². The third-order valence-corrected chi connectivity index (χ3v) is 4.38. The summed E-state index contributed by atoms with van der Waals surface area (Å²) in [5.41, 5.74) is 0.0784. The fourth-order valence-corrected chi connectivity index (χ4v) is 2.79. The number of aromatic nitrogens is 4. The summed E-state index contributed by atoms with van der Waals surface area (Å²) < 4.78 is 37.1. The molecule has 0 atom stereocenters. The highest BCUT2D eigenvalue weighted by Gasteiger charge is 2.21. The van der Waals surface area contributed by atoms with Crippen LogP contribution in [0.25, 0.3) is 0 Å². The van der Waals surface area contributed by atoms with E-state index in [0.717, 1.165) is 0 Å². The molecule has 0 fully saturated rings. The molecule has 0 radical (unpaired) electrons. The van der Waals surface area contributed by atoms with Crippen molar-refractivity contribution >= 4 is 5.97 Å². The first-order chi connectivity index (χ1) is 16.5. The van der Waals surface area contributed by atoms with Gasteiger partial charge in [0.15, 0.2) is 11.6 Å². The number of hydrogen-bond acceptors (Lipinski definition) is 12. The van der Waals surface area contributed by atoms with Crippen LogP contribution in [0.2, 0.25) is 0 Å². The summed E-state index contributed by atoms with van der Waals surface area (Å²) in [6.07, 6.45) is 0. The van der Waals surface area contributed by atoms with Gasteiger partial charge in [-0.15, -0.1) is 0 Å². The first-order valence-corrected chi connectivity index (χ1v) is 9.90. The van der Waals surface area contributed by atoms with E-state index in [4.69, 9.17) is 33.2 Å². The zero-order chi connectivity index (χ0) is 24.5. The molecule has 34 heavy (non-hydrogen) atoms. The third-order valence-electron chi connectivity index (χ3n) is 4.38. The molecule has 12 heteroatoms.